The molecule has 0 saturated carbocycles. The zero-order valence-corrected chi connectivity index (χ0v) is 16.5. The average Bonchev–Trinajstić information content (AvgIpc) is 3.22. The molecule has 30 heavy (non-hydrogen) atoms. The van der Waals surface area contributed by atoms with E-state index in [1.807, 2.05) is 32.0 Å². The number of aryl methyl sites for hydroxylation is 2. The Hall–Kier alpha value is -3.94. The van der Waals surface area contributed by atoms with E-state index in [4.69, 9.17) is 0 Å². The van der Waals surface area contributed by atoms with E-state index in [9.17, 15) is 9.18 Å². The van der Waals surface area contributed by atoms with E-state index in [0.717, 1.165) is 28.1 Å². The summed E-state index contributed by atoms with van der Waals surface area (Å²) in [6, 6.07) is 10.2. The van der Waals surface area contributed by atoms with Gasteiger partial charge in [0.15, 0.2) is 11.5 Å². The SMILES string of the molecule is Cc1cc(-c2ncc(CNC(=O)c3cc(-c4ncccc4F)[nH]n3)cc2C)ccn1. The molecule has 7 nitrogen and oxygen atoms in total. The van der Waals surface area contributed by atoms with Crippen LogP contribution in [0.25, 0.3) is 22.6 Å². The highest BCUT2D eigenvalue weighted by molar-refractivity contribution is 5.93. The average molecular weight is 402 g/mol. The molecule has 0 saturated heterocycles. The van der Waals surface area contributed by atoms with Crippen LogP contribution in [0.3, 0.4) is 0 Å². The Kier molecular flexibility index (Phi) is 5.30. The number of H-pyrrole nitrogens is 1. The molecule has 0 aliphatic carbocycles. The van der Waals surface area contributed by atoms with Crippen molar-refractivity contribution in [2.75, 3.05) is 0 Å². The minimum atomic E-state index is -0.487. The van der Waals surface area contributed by atoms with Gasteiger partial charge in [-0.2, -0.15) is 5.10 Å². The number of hydrogen-bond donors (Lipinski definition) is 2. The zero-order valence-electron chi connectivity index (χ0n) is 16.5. The van der Waals surface area contributed by atoms with E-state index in [-0.39, 0.29) is 17.3 Å². The fourth-order valence-electron chi connectivity index (χ4n) is 3.14. The topological polar surface area (TPSA) is 96.5 Å². The quantitative estimate of drug-likeness (QED) is 0.532. The highest BCUT2D eigenvalue weighted by atomic mass is 19.1. The van der Waals surface area contributed by atoms with Gasteiger partial charge < -0.3 is 5.32 Å². The van der Waals surface area contributed by atoms with Crippen molar-refractivity contribution >= 4 is 5.91 Å². The molecule has 0 spiro atoms. The lowest BCUT2D eigenvalue weighted by Gasteiger charge is -2.09. The van der Waals surface area contributed by atoms with Gasteiger partial charge in [-0.3, -0.25) is 24.8 Å². The summed E-state index contributed by atoms with van der Waals surface area (Å²) < 4.78 is 13.8. The van der Waals surface area contributed by atoms with Gasteiger partial charge in [0, 0.05) is 36.4 Å². The van der Waals surface area contributed by atoms with Crippen molar-refractivity contribution < 1.29 is 9.18 Å². The van der Waals surface area contributed by atoms with Crippen LogP contribution in [-0.4, -0.2) is 31.1 Å². The third-order valence-corrected chi connectivity index (χ3v) is 4.58. The maximum Gasteiger partial charge on any atom is 0.272 e. The summed E-state index contributed by atoms with van der Waals surface area (Å²) in [5.74, 6) is -0.862. The van der Waals surface area contributed by atoms with Crippen LogP contribution in [0, 0.1) is 19.7 Å². The monoisotopic (exact) mass is 402 g/mol. The molecular formula is C22H19FN6O. The summed E-state index contributed by atoms with van der Waals surface area (Å²) in [6.07, 6.45) is 4.97. The van der Waals surface area contributed by atoms with Gasteiger partial charge in [0.05, 0.1) is 11.4 Å². The highest BCUT2D eigenvalue weighted by Gasteiger charge is 2.14. The number of amides is 1. The van der Waals surface area contributed by atoms with Gasteiger partial charge in [0.2, 0.25) is 0 Å². The molecule has 4 aromatic rings. The third kappa shape index (κ3) is 4.07. The Balaban J connectivity index is 1.44. The van der Waals surface area contributed by atoms with Crippen LogP contribution in [0.5, 0.6) is 0 Å². The predicted octanol–water partition coefficient (Wildman–Crippen LogP) is 3.61. The molecular weight excluding hydrogens is 383 g/mol. The fourth-order valence-corrected chi connectivity index (χ4v) is 3.14. The summed E-state index contributed by atoms with van der Waals surface area (Å²) in [5.41, 5.74) is 5.28. The molecule has 0 fully saturated rings. The lowest BCUT2D eigenvalue weighted by molar-refractivity contribution is 0.0946. The lowest BCUT2D eigenvalue weighted by atomic mass is 10.1. The number of aromatic nitrogens is 5. The molecule has 4 heterocycles. The van der Waals surface area contributed by atoms with Gasteiger partial charge in [-0.25, -0.2) is 4.39 Å². The van der Waals surface area contributed by atoms with E-state index in [1.165, 1.54) is 24.4 Å². The maximum absolute atomic E-state index is 13.8. The summed E-state index contributed by atoms with van der Waals surface area (Å²) in [7, 11) is 0. The number of nitrogens with zero attached hydrogens (tertiary/aromatic N) is 4. The second-order valence-electron chi connectivity index (χ2n) is 6.88. The Morgan fingerprint density at radius 2 is 1.93 bits per heavy atom. The van der Waals surface area contributed by atoms with E-state index in [1.54, 1.807) is 12.4 Å². The lowest BCUT2D eigenvalue weighted by Crippen LogP contribution is -2.23. The molecule has 150 valence electrons. The molecule has 0 unspecified atom stereocenters. The highest BCUT2D eigenvalue weighted by Crippen LogP contribution is 2.22. The molecule has 0 aliphatic rings. The molecule has 4 aromatic heterocycles. The molecule has 0 atom stereocenters. The maximum atomic E-state index is 13.8. The molecule has 0 aliphatic heterocycles. The van der Waals surface area contributed by atoms with Crippen LogP contribution in [-0.2, 0) is 6.54 Å². The minimum Gasteiger partial charge on any atom is -0.347 e. The fraction of sp³-hybridized carbons (Fsp3) is 0.136. The Morgan fingerprint density at radius 3 is 2.70 bits per heavy atom. The normalized spacial score (nSPS) is 10.8. The largest absolute Gasteiger partial charge is 0.347 e. The molecule has 0 aromatic carbocycles. The van der Waals surface area contributed by atoms with E-state index in [2.05, 4.69) is 30.5 Å². The zero-order chi connectivity index (χ0) is 21.1. The van der Waals surface area contributed by atoms with Crippen molar-refractivity contribution in [3.8, 4) is 22.6 Å². The number of aromatic amines is 1. The van der Waals surface area contributed by atoms with Gasteiger partial charge in [0.1, 0.15) is 5.69 Å². The first-order valence-corrected chi connectivity index (χ1v) is 9.34. The molecule has 8 heteroatoms. The molecule has 2 N–H and O–H groups in total. The van der Waals surface area contributed by atoms with Crippen molar-refractivity contribution in [3.63, 3.8) is 0 Å². The van der Waals surface area contributed by atoms with E-state index in [0.29, 0.717) is 12.2 Å². The van der Waals surface area contributed by atoms with Crippen molar-refractivity contribution in [1.29, 1.82) is 0 Å². The number of carbonyl (C=O) groups excluding carboxylic acids is 1. The van der Waals surface area contributed by atoms with Gasteiger partial charge in [0.25, 0.3) is 5.91 Å². The van der Waals surface area contributed by atoms with E-state index >= 15 is 0 Å². The number of halogens is 1. The van der Waals surface area contributed by atoms with Crippen LogP contribution in [0.4, 0.5) is 4.39 Å². The Labute approximate surface area is 172 Å². The minimum absolute atomic E-state index is 0.116. The first-order valence-electron chi connectivity index (χ1n) is 9.34. The second kappa shape index (κ2) is 8.20. The van der Waals surface area contributed by atoms with Gasteiger partial charge in [-0.05, 0) is 55.3 Å². The van der Waals surface area contributed by atoms with Crippen molar-refractivity contribution in [2.45, 2.75) is 20.4 Å². The third-order valence-electron chi connectivity index (χ3n) is 4.58. The molecule has 0 radical (unpaired) electrons. The van der Waals surface area contributed by atoms with Crippen molar-refractivity contribution in [3.05, 3.63) is 83.3 Å². The van der Waals surface area contributed by atoms with Crippen molar-refractivity contribution in [2.24, 2.45) is 0 Å². The number of rotatable bonds is 5. The van der Waals surface area contributed by atoms with Gasteiger partial charge >= 0.3 is 0 Å². The second-order valence-corrected chi connectivity index (χ2v) is 6.88. The van der Waals surface area contributed by atoms with Crippen LogP contribution in [0.2, 0.25) is 0 Å². The van der Waals surface area contributed by atoms with Crippen LogP contribution >= 0.6 is 0 Å². The summed E-state index contributed by atoms with van der Waals surface area (Å²) in [6.45, 7) is 4.21. The van der Waals surface area contributed by atoms with Crippen LogP contribution in [0.1, 0.15) is 27.3 Å². The van der Waals surface area contributed by atoms with E-state index < -0.39 is 5.82 Å². The summed E-state index contributed by atoms with van der Waals surface area (Å²) in [4.78, 5) is 25.1. The standard InChI is InChI=1S/C22H19FN6O/c1-13-8-15(11-26-20(13)16-5-7-24-14(2)9-16)12-27-22(30)19-10-18(28-29-19)21-17(23)4-3-6-25-21/h3-11H,12H2,1-2H3,(H,27,30)(H,28,29). The Morgan fingerprint density at radius 1 is 1.07 bits per heavy atom. The number of nitrogens with one attached hydrogen (secondary N) is 2. The summed E-state index contributed by atoms with van der Waals surface area (Å²) >= 11 is 0. The van der Waals surface area contributed by atoms with Crippen molar-refractivity contribution in [1.82, 2.24) is 30.5 Å². The smallest absolute Gasteiger partial charge is 0.272 e. The molecule has 0 bridgehead atoms. The first kappa shape index (κ1) is 19.4. The number of pyridine rings is 3. The summed E-state index contributed by atoms with van der Waals surface area (Å²) in [5, 5.41) is 9.42. The number of carbonyl (C=O) groups is 1. The number of hydrogen-bond acceptors (Lipinski definition) is 5. The van der Waals surface area contributed by atoms with Gasteiger partial charge in [-0.15, -0.1) is 0 Å². The van der Waals surface area contributed by atoms with Crippen LogP contribution in [0.15, 0.2) is 55.0 Å². The Bertz CT molecular complexity index is 1220. The van der Waals surface area contributed by atoms with Gasteiger partial charge in [-0.1, -0.05) is 6.07 Å². The molecule has 1 amide bonds. The van der Waals surface area contributed by atoms with Crippen LogP contribution < -0.4 is 5.32 Å². The first-order chi connectivity index (χ1) is 14.5. The molecule has 4 rings (SSSR count). The predicted molar refractivity (Wildman–Crippen MR) is 110 cm³/mol.